The molecule has 0 saturated carbocycles. The minimum absolute atomic E-state index is 0.00924. The summed E-state index contributed by atoms with van der Waals surface area (Å²) < 4.78 is 5.72. The summed E-state index contributed by atoms with van der Waals surface area (Å²) in [6.45, 7) is 4.41. The third-order valence-electron chi connectivity index (χ3n) is 2.32. The molecule has 1 atom stereocenters. The third kappa shape index (κ3) is 2.74. The summed E-state index contributed by atoms with van der Waals surface area (Å²) in [7, 11) is 0. The van der Waals surface area contributed by atoms with Gasteiger partial charge < -0.3 is 4.74 Å². The molecule has 1 aromatic carbocycles. The molecule has 0 saturated heterocycles. The van der Waals surface area contributed by atoms with E-state index in [9.17, 15) is 4.79 Å². The SMILES string of the molecule is CC(=O)SC[C@@]1(C)COc2ccccc2S1. The highest BCUT2D eigenvalue weighted by Crippen LogP contribution is 2.44. The van der Waals surface area contributed by atoms with Crippen molar-refractivity contribution < 1.29 is 9.53 Å². The average Bonchev–Trinajstić information content (AvgIpc) is 2.26. The number of ether oxygens (including phenoxy) is 1. The molecule has 1 heterocycles. The standard InChI is InChI=1S/C12H14O2S2/c1-9(13)15-8-12(2)7-14-10-5-3-4-6-11(10)16-12/h3-6H,7-8H2,1-2H3/t12-/m1/s1. The van der Waals surface area contributed by atoms with Crippen molar-refractivity contribution in [2.24, 2.45) is 0 Å². The zero-order valence-corrected chi connectivity index (χ0v) is 11.0. The second-order valence-corrected chi connectivity index (χ2v) is 6.85. The van der Waals surface area contributed by atoms with Gasteiger partial charge in [-0.15, -0.1) is 11.8 Å². The Labute approximate surface area is 104 Å². The van der Waals surface area contributed by atoms with Crippen LogP contribution >= 0.6 is 23.5 Å². The number of hydrogen-bond acceptors (Lipinski definition) is 4. The molecule has 0 aromatic heterocycles. The molecule has 4 heteroatoms. The van der Waals surface area contributed by atoms with E-state index < -0.39 is 0 Å². The summed E-state index contributed by atoms with van der Waals surface area (Å²) in [4.78, 5) is 12.2. The van der Waals surface area contributed by atoms with E-state index in [1.165, 1.54) is 16.7 Å². The lowest BCUT2D eigenvalue weighted by atomic mass is 10.2. The highest BCUT2D eigenvalue weighted by atomic mass is 32.2. The molecule has 1 aliphatic rings. The lowest BCUT2D eigenvalue weighted by molar-refractivity contribution is -0.109. The van der Waals surface area contributed by atoms with Crippen LogP contribution in [0, 0.1) is 0 Å². The maximum Gasteiger partial charge on any atom is 0.185 e. The highest BCUT2D eigenvalue weighted by Gasteiger charge is 2.32. The number of para-hydroxylation sites is 1. The van der Waals surface area contributed by atoms with E-state index in [4.69, 9.17) is 4.74 Å². The van der Waals surface area contributed by atoms with Crippen LogP contribution in [-0.4, -0.2) is 22.2 Å². The largest absolute Gasteiger partial charge is 0.491 e. The van der Waals surface area contributed by atoms with Crippen LogP contribution in [-0.2, 0) is 4.79 Å². The first-order chi connectivity index (χ1) is 7.59. The van der Waals surface area contributed by atoms with Crippen LogP contribution in [0.4, 0.5) is 0 Å². The fourth-order valence-corrected chi connectivity index (χ4v) is 3.53. The van der Waals surface area contributed by atoms with Crippen LogP contribution in [0.3, 0.4) is 0 Å². The molecule has 2 nitrogen and oxygen atoms in total. The van der Waals surface area contributed by atoms with E-state index >= 15 is 0 Å². The smallest absolute Gasteiger partial charge is 0.185 e. The van der Waals surface area contributed by atoms with Gasteiger partial charge in [0, 0.05) is 12.7 Å². The summed E-state index contributed by atoms with van der Waals surface area (Å²) in [5.41, 5.74) is 0. The lowest BCUT2D eigenvalue weighted by Gasteiger charge is -2.33. The molecule has 0 spiro atoms. The van der Waals surface area contributed by atoms with Gasteiger partial charge in [-0.05, 0) is 19.1 Å². The summed E-state index contributed by atoms with van der Waals surface area (Å²) in [5, 5.41) is 0.167. The highest BCUT2D eigenvalue weighted by molar-refractivity contribution is 8.14. The van der Waals surface area contributed by atoms with Crippen LogP contribution < -0.4 is 4.74 Å². The van der Waals surface area contributed by atoms with Gasteiger partial charge >= 0.3 is 0 Å². The number of benzene rings is 1. The number of carbonyl (C=O) groups excluding carboxylic acids is 1. The van der Waals surface area contributed by atoms with Crippen LogP contribution in [0.5, 0.6) is 5.75 Å². The molecule has 2 rings (SSSR count). The predicted molar refractivity (Wildman–Crippen MR) is 69.3 cm³/mol. The predicted octanol–water partition coefficient (Wildman–Crippen LogP) is 3.21. The number of carbonyl (C=O) groups is 1. The van der Waals surface area contributed by atoms with Gasteiger partial charge in [-0.1, -0.05) is 23.9 Å². The number of rotatable bonds is 2. The first kappa shape index (κ1) is 11.9. The molecule has 0 amide bonds. The Morgan fingerprint density at radius 3 is 3.06 bits per heavy atom. The second-order valence-electron chi connectivity index (χ2n) is 4.07. The Kier molecular flexibility index (Phi) is 3.50. The molecule has 0 radical (unpaired) electrons. The van der Waals surface area contributed by atoms with Crippen molar-refractivity contribution in [3.8, 4) is 5.75 Å². The zero-order valence-electron chi connectivity index (χ0n) is 9.36. The first-order valence-electron chi connectivity index (χ1n) is 5.13. The molecule has 1 aliphatic heterocycles. The average molecular weight is 254 g/mol. The van der Waals surface area contributed by atoms with Gasteiger partial charge in [0.2, 0.25) is 0 Å². The van der Waals surface area contributed by atoms with Crippen molar-refractivity contribution in [1.29, 1.82) is 0 Å². The van der Waals surface area contributed by atoms with E-state index in [1.54, 1.807) is 18.7 Å². The number of fused-ring (bicyclic) bond motifs is 1. The van der Waals surface area contributed by atoms with Gasteiger partial charge in [-0.3, -0.25) is 4.79 Å². The van der Waals surface area contributed by atoms with Crippen molar-refractivity contribution in [3.63, 3.8) is 0 Å². The monoisotopic (exact) mass is 254 g/mol. The molecule has 16 heavy (non-hydrogen) atoms. The number of thioether (sulfide) groups is 2. The number of hydrogen-bond donors (Lipinski definition) is 0. The van der Waals surface area contributed by atoms with Crippen LogP contribution in [0.15, 0.2) is 29.2 Å². The van der Waals surface area contributed by atoms with Crippen LogP contribution in [0.2, 0.25) is 0 Å². The van der Waals surface area contributed by atoms with Gasteiger partial charge in [-0.25, -0.2) is 0 Å². The molecule has 0 unspecified atom stereocenters. The summed E-state index contributed by atoms with van der Waals surface area (Å²) in [6, 6.07) is 8.04. The van der Waals surface area contributed by atoms with E-state index in [0.717, 1.165) is 11.5 Å². The van der Waals surface area contributed by atoms with Crippen molar-refractivity contribution in [2.75, 3.05) is 12.4 Å². The van der Waals surface area contributed by atoms with Gasteiger partial charge in [0.1, 0.15) is 12.4 Å². The molecule has 0 fully saturated rings. The second kappa shape index (κ2) is 4.72. The Balaban J connectivity index is 2.08. The fourth-order valence-electron chi connectivity index (χ4n) is 1.50. The normalized spacial score (nSPS) is 23.4. The van der Waals surface area contributed by atoms with E-state index in [0.29, 0.717) is 6.61 Å². The molecule has 0 aliphatic carbocycles. The Bertz CT molecular complexity index is 406. The van der Waals surface area contributed by atoms with Crippen molar-refractivity contribution in [3.05, 3.63) is 24.3 Å². The van der Waals surface area contributed by atoms with Crippen LogP contribution in [0.1, 0.15) is 13.8 Å². The van der Waals surface area contributed by atoms with Gasteiger partial charge in [0.15, 0.2) is 5.12 Å². The summed E-state index contributed by atoms with van der Waals surface area (Å²) in [6.07, 6.45) is 0. The Morgan fingerprint density at radius 1 is 1.56 bits per heavy atom. The molecular formula is C12H14O2S2. The molecule has 0 N–H and O–H groups in total. The minimum Gasteiger partial charge on any atom is -0.491 e. The quantitative estimate of drug-likeness (QED) is 0.809. The Morgan fingerprint density at radius 2 is 2.31 bits per heavy atom. The van der Waals surface area contributed by atoms with E-state index in [-0.39, 0.29) is 9.86 Å². The van der Waals surface area contributed by atoms with Crippen molar-refractivity contribution in [2.45, 2.75) is 23.5 Å². The van der Waals surface area contributed by atoms with Gasteiger partial charge in [0.25, 0.3) is 0 Å². The Hall–Kier alpha value is -0.610. The van der Waals surface area contributed by atoms with Crippen molar-refractivity contribution >= 4 is 28.6 Å². The zero-order chi connectivity index (χ0) is 11.6. The first-order valence-corrected chi connectivity index (χ1v) is 6.93. The van der Waals surface area contributed by atoms with Crippen molar-refractivity contribution in [1.82, 2.24) is 0 Å². The van der Waals surface area contributed by atoms with Gasteiger partial charge in [-0.2, -0.15) is 0 Å². The summed E-state index contributed by atoms with van der Waals surface area (Å²) >= 11 is 3.17. The molecular weight excluding hydrogens is 240 g/mol. The van der Waals surface area contributed by atoms with Gasteiger partial charge in [0.05, 0.1) is 9.64 Å². The molecule has 1 aromatic rings. The summed E-state index contributed by atoms with van der Waals surface area (Å²) in [5.74, 6) is 1.75. The maximum atomic E-state index is 11.0. The van der Waals surface area contributed by atoms with E-state index in [1.807, 2.05) is 18.2 Å². The molecule has 86 valence electrons. The molecule has 0 bridgehead atoms. The lowest BCUT2D eigenvalue weighted by Crippen LogP contribution is -2.34. The van der Waals surface area contributed by atoms with E-state index in [2.05, 4.69) is 13.0 Å². The topological polar surface area (TPSA) is 26.3 Å². The van der Waals surface area contributed by atoms with Crippen LogP contribution in [0.25, 0.3) is 0 Å². The minimum atomic E-state index is -0.00924. The third-order valence-corrected chi connectivity index (χ3v) is 5.00. The fraction of sp³-hybridized carbons (Fsp3) is 0.417. The maximum absolute atomic E-state index is 11.0.